The van der Waals surface area contributed by atoms with Crippen LogP contribution >= 0.6 is 11.6 Å². The van der Waals surface area contributed by atoms with Gasteiger partial charge in [0.2, 0.25) is 5.56 Å². The van der Waals surface area contributed by atoms with Gasteiger partial charge in [-0.3, -0.25) is 0 Å². The lowest BCUT2D eigenvalue weighted by atomic mass is 10.2. The highest BCUT2D eigenvalue weighted by molar-refractivity contribution is 6.20. The first-order chi connectivity index (χ1) is 8.50. The van der Waals surface area contributed by atoms with Gasteiger partial charge < -0.3 is 9.64 Å². The van der Waals surface area contributed by atoms with Crippen LogP contribution < -0.4 is 0 Å². The summed E-state index contributed by atoms with van der Waals surface area (Å²) < 4.78 is 5.14. The maximum absolute atomic E-state index is 11.7. The van der Waals surface area contributed by atoms with E-state index in [2.05, 4.69) is 6.58 Å². The van der Waals surface area contributed by atoms with Gasteiger partial charge in [-0.1, -0.05) is 48.5 Å². The maximum atomic E-state index is 11.7. The third-order valence-electron chi connectivity index (χ3n) is 2.42. The van der Waals surface area contributed by atoms with Crippen molar-refractivity contribution in [3.05, 3.63) is 48.0 Å². The van der Waals surface area contributed by atoms with Gasteiger partial charge in [-0.05, 0) is 20.5 Å². The molecular weight excluding hydrogens is 250 g/mol. The predicted octanol–water partition coefficient (Wildman–Crippen LogP) is 2.98. The number of ether oxygens (including phenoxy) is 1. The summed E-state index contributed by atoms with van der Waals surface area (Å²) in [6.07, 6.45) is 0.574. The van der Waals surface area contributed by atoms with Crippen molar-refractivity contribution in [2.24, 2.45) is 0 Å². The standard InChI is InChI=1S/C14H18ClNO2/c1-11(9-10-16(2)3)14(17)18-13(15)12-7-5-4-6-8-12/h4-8,13H,1,9-10H2,2-3H3. The molecule has 0 spiro atoms. The zero-order valence-electron chi connectivity index (χ0n) is 10.7. The number of benzene rings is 1. The lowest BCUT2D eigenvalue weighted by Crippen LogP contribution is -2.17. The van der Waals surface area contributed by atoms with Crippen LogP contribution in [0.2, 0.25) is 0 Å². The van der Waals surface area contributed by atoms with Gasteiger partial charge in [0, 0.05) is 17.7 Å². The average molecular weight is 268 g/mol. The van der Waals surface area contributed by atoms with Gasteiger partial charge in [0.25, 0.3) is 0 Å². The molecule has 1 aromatic rings. The molecule has 0 fully saturated rings. The van der Waals surface area contributed by atoms with E-state index in [0.29, 0.717) is 12.0 Å². The van der Waals surface area contributed by atoms with Crippen LogP contribution in [0.5, 0.6) is 0 Å². The average Bonchev–Trinajstić information content (AvgIpc) is 2.36. The van der Waals surface area contributed by atoms with Crippen molar-refractivity contribution in [3.63, 3.8) is 0 Å². The van der Waals surface area contributed by atoms with Gasteiger partial charge in [-0.25, -0.2) is 4.79 Å². The predicted molar refractivity (Wildman–Crippen MR) is 73.4 cm³/mol. The van der Waals surface area contributed by atoms with E-state index in [1.54, 1.807) is 0 Å². The Morgan fingerprint density at radius 1 is 1.39 bits per heavy atom. The zero-order valence-corrected chi connectivity index (χ0v) is 11.5. The van der Waals surface area contributed by atoms with Crippen LogP contribution in [-0.2, 0) is 9.53 Å². The second-order valence-corrected chi connectivity index (χ2v) is 4.69. The number of hydrogen-bond acceptors (Lipinski definition) is 3. The van der Waals surface area contributed by atoms with Crippen LogP contribution in [0.3, 0.4) is 0 Å². The molecule has 0 aliphatic carbocycles. The molecule has 0 radical (unpaired) electrons. The summed E-state index contributed by atoms with van der Waals surface area (Å²) in [4.78, 5) is 13.7. The lowest BCUT2D eigenvalue weighted by molar-refractivity contribution is -0.141. The van der Waals surface area contributed by atoms with Crippen LogP contribution in [0.1, 0.15) is 17.5 Å². The second-order valence-electron chi connectivity index (χ2n) is 4.29. The van der Waals surface area contributed by atoms with Crippen LogP contribution in [0.15, 0.2) is 42.5 Å². The van der Waals surface area contributed by atoms with E-state index in [9.17, 15) is 4.79 Å². The molecular formula is C14H18ClNO2. The molecule has 18 heavy (non-hydrogen) atoms. The van der Waals surface area contributed by atoms with Crippen LogP contribution in [0.4, 0.5) is 0 Å². The molecule has 1 unspecified atom stereocenters. The number of nitrogens with zero attached hydrogens (tertiary/aromatic N) is 1. The number of carbonyl (C=O) groups is 1. The van der Waals surface area contributed by atoms with Gasteiger partial charge in [-0.15, -0.1) is 0 Å². The van der Waals surface area contributed by atoms with E-state index in [1.165, 1.54) is 0 Å². The molecule has 1 rings (SSSR count). The van der Waals surface area contributed by atoms with Crippen molar-refractivity contribution in [2.45, 2.75) is 12.0 Å². The van der Waals surface area contributed by atoms with E-state index in [4.69, 9.17) is 16.3 Å². The molecule has 0 bridgehead atoms. The second kappa shape index (κ2) is 7.19. The molecule has 0 saturated heterocycles. The van der Waals surface area contributed by atoms with E-state index in [-0.39, 0.29) is 0 Å². The summed E-state index contributed by atoms with van der Waals surface area (Å²) >= 11 is 6.01. The number of halogens is 1. The smallest absolute Gasteiger partial charge is 0.335 e. The first-order valence-electron chi connectivity index (χ1n) is 5.73. The van der Waals surface area contributed by atoms with Gasteiger partial charge in [-0.2, -0.15) is 0 Å². The minimum atomic E-state index is -0.769. The summed E-state index contributed by atoms with van der Waals surface area (Å²) in [7, 11) is 3.87. The fourth-order valence-corrected chi connectivity index (χ4v) is 1.54. The molecule has 1 atom stereocenters. The topological polar surface area (TPSA) is 29.5 Å². The minimum Gasteiger partial charge on any atom is -0.438 e. The van der Waals surface area contributed by atoms with Gasteiger partial charge in [0.05, 0.1) is 0 Å². The first-order valence-corrected chi connectivity index (χ1v) is 6.17. The van der Waals surface area contributed by atoms with Crippen LogP contribution in [0.25, 0.3) is 0 Å². The monoisotopic (exact) mass is 267 g/mol. The fraction of sp³-hybridized carbons (Fsp3) is 0.357. The third kappa shape index (κ3) is 4.90. The highest BCUT2D eigenvalue weighted by atomic mass is 35.5. The fourth-order valence-electron chi connectivity index (χ4n) is 1.31. The summed E-state index contributed by atoms with van der Waals surface area (Å²) in [6, 6.07) is 9.20. The van der Waals surface area contributed by atoms with Crippen molar-refractivity contribution < 1.29 is 9.53 Å². The van der Waals surface area contributed by atoms with E-state index >= 15 is 0 Å². The third-order valence-corrected chi connectivity index (χ3v) is 2.76. The molecule has 0 aliphatic rings. The highest BCUT2D eigenvalue weighted by Gasteiger charge is 2.15. The quantitative estimate of drug-likeness (QED) is 0.451. The Labute approximate surface area is 113 Å². The lowest BCUT2D eigenvalue weighted by Gasteiger charge is -2.14. The summed E-state index contributed by atoms with van der Waals surface area (Å²) in [5, 5.41) is 0. The normalized spacial score (nSPS) is 12.2. The van der Waals surface area contributed by atoms with E-state index < -0.39 is 11.5 Å². The summed E-state index contributed by atoms with van der Waals surface area (Å²) in [5.74, 6) is -0.444. The molecule has 98 valence electrons. The Balaban J connectivity index is 2.47. The number of hydrogen-bond donors (Lipinski definition) is 0. The highest BCUT2D eigenvalue weighted by Crippen LogP contribution is 2.22. The largest absolute Gasteiger partial charge is 0.438 e. The summed E-state index contributed by atoms with van der Waals surface area (Å²) in [5.41, 5.74) is 0.424. The van der Waals surface area contributed by atoms with E-state index in [1.807, 2.05) is 49.3 Å². The van der Waals surface area contributed by atoms with Gasteiger partial charge in [0.1, 0.15) is 0 Å². The maximum Gasteiger partial charge on any atom is 0.335 e. The Kier molecular flexibility index (Phi) is 5.89. The van der Waals surface area contributed by atoms with Crippen molar-refractivity contribution in [2.75, 3.05) is 20.6 Å². The molecule has 0 aliphatic heterocycles. The molecule has 3 nitrogen and oxygen atoms in total. The Bertz CT molecular complexity index is 404. The molecule has 1 aromatic carbocycles. The SMILES string of the molecule is C=C(CCN(C)C)C(=O)OC(Cl)c1ccccc1. The van der Waals surface area contributed by atoms with Crippen LogP contribution in [-0.4, -0.2) is 31.5 Å². The summed E-state index contributed by atoms with van der Waals surface area (Å²) in [6.45, 7) is 4.47. The first kappa shape index (κ1) is 14.7. The van der Waals surface area contributed by atoms with Gasteiger partial charge in [0.15, 0.2) is 0 Å². The van der Waals surface area contributed by atoms with Gasteiger partial charge >= 0.3 is 5.97 Å². The van der Waals surface area contributed by atoms with Crippen molar-refractivity contribution in [3.8, 4) is 0 Å². The molecule has 0 saturated carbocycles. The van der Waals surface area contributed by atoms with Crippen molar-refractivity contribution in [1.82, 2.24) is 4.90 Å². The minimum absolute atomic E-state index is 0.435. The van der Waals surface area contributed by atoms with Crippen molar-refractivity contribution >= 4 is 17.6 Å². The zero-order chi connectivity index (χ0) is 13.5. The Morgan fingerprint density at radius 2 is 2.00 bits per heavy atom. The van der Waals surface area contributed by atoms with E-state index in [0.717, 1.165) is 12.1 Å². The molecule has 4 heteroatoms. The van der Waals surface area contributed by atoms with Crippen molar-refractivity contribution in [1.29, 1.82) is 0 Å². The molecule has 0 N–H and O–H groups in total. The molecule has 0 heterocycles. The van der Waals surface area contributed by atoms with Crippen LogP contribution in [0, 0.1) is 0 Å². The number of rotatable bonds is 6. The number of esters is 1. The number of alkyl halides is 1. The molecule has 0 amide bonds. The number of carbonyl (C=O) groups excluding carboxylic acids is 1. The Morgan fingerprint density at radius 3 is 2.56 bits per heavy atom. The molecule has 0 aromatic heterocycles. The Hall–Kier alpha value is -1.32.